The number of benzene rings is 3. The number of carbonyl (C=O) groups is 1. The summed E-state index contributed by atoms with van der Waals surface area (Å²) in [6, 6.07) is 21.5. The summed E-state index contributed by atoms with van der Waals surface area (Å²) in [5.74, 6) is -0.145. The third-order valence-corrected chi connectivity index (χ3v) is 6.28. The highest BCUT2D eigenvalue weighted by Crippen LogP contribution is 2.37. The molecule has 0 saturated carbocycles. The number of rotatable bonds is 4. The van der Waals surface area contributed by atoms with Crippen LogP contribution in [0, 0.1) is 0 Å². The van der Waals surface area contributed by atoms with Gasteiger partial charge in [-0.25, -0.2) is 18.5 Å². The molecule has 3 N–H and O–H groups in total. The van der Waals surface area contributed by atoms with E-state index in [0.29, 0.717) is 27.0 Å². The maximum absolute atomic E-state index is 13.2. The number of nitrogens with two attached hydrogens (primary N) is 1. The summed E-state index contributed by atoms with van der Waals surface area (Å²) in [6.07, 6.45) is 1.69. The van der Waals surface area contributed by atoms with E-state index in [4.69, 9.17) is 5.14 Å². The minimum atomic E-state index is -3.80. The Bertz CT molecular complexity index is 1300. The summed E-state index contributed by atoms with van der Waals surface area (Å²) >= 11 is 1.19. The molecular formula is C22H17N3O4S2. The van der Waals surface area contributed by atoms with Gasteiger partial charge < -0.3 is 5.11 Å². The van der Waals surface area contributed by atoms with E-state index in [9.17, 15) is 18.3 Å². The van der Waals surface area contributed by atoms with Crippen LogP contribution in [0.1, 0.15) is 5.56 Å². The van der Waals surface area contributed by atoms with Crippen LogP contribution >= 0.6 is 11.8 Å². The van der Waals surface area contributed by atoms with Crippen molar-refractivity contribution in [1.82, 2.24) is 0 Å². The number of carbonyl (C=O) groups excluding carboxylic acids is 1. The largest absolute Gasteiger partial charge is 0.508 e. The zero-order valence-corrected chi connectivity index (χ0v) is 17.7. The molecule has 1 heterocycles. The van der Waals surface area contributed by atoms with Crippen molar-refractivity contribution >= 4 is 50.3 Å². The molecule has 0 unspecified atom stereocenters. The van der Waals surface area contributed by atoms with Crippen LogP contribution in [0.4, 0.5) is 11.4 Å². The highest BCUT2D eigenvalue weighted by molar-refractivity contribution is 8.19. The highest BCUT2D eigenvalue weighted by Gasteiger charge is 2.34. The number of hydrogen-bond donors (Lipinski definition) is 2. The number of thioether (sulfide) groups is 1. The van der Waals surface area contributed by atoms with Crippen molar-refractivity contribution in [3.63, 3.8) is 0 Å². The normalized spacial score (nSPS) is 16.9. The molecule has 9 heteroatoms. The molecule has 0 radical (unpaired) electrons. The van der Waals surface area contributed by atoms with Crippen molar-refractivity contribution in [2.24, 2.45) is 10.1 Å². The van der Waals surface area contributed by atoms with Gasteiger partial charge in [-0.1, -0.05) is 30.3 Å². The molecule has 4 rings (SSSR count). The van der Waals surface area contributed by atoms with Gasteiger partial charge in [-0.05, 0) is 71.9 Å². The zero-order chi connectivity index (χ0) is 22.0. The van der Waals surface area contributed by atoms with Crippen molar-refractivity contribution in [3.05, 3.63) is 89.3 Å². The van der Waals surface area contributed by atoms with Crippen molar-refractivity contribution in [3.8, 4) is 5.75 Å². The van der Waals surface area contributed by atoms with Crippen LogP contribution < -0.4 is 10.0 Å². The second-order valence-corrected chi connectivity index (χ2v) is 9.19. The second kappa shape index (κ2) is 8.38. The molecule has 3 aromatic carbocycles. The van der Waals surface area contributed by atoms with Gasteiger partial charge in [-0.3, -0.25) is 9.69 Å². The Morgan fingerprint density at radius 2 is 1.68 bits per heavy atom. The summed E-state index contributed by atoms with van der Waals surface area (Å²) in [5, 5.41) is 15.3. The standard InChI is InChI=1S/C22H17N3O4S2/c23-31(28,29)19-11-9-16(10-12-19)24-22-25(17-6-2-1-3-7-17)21(27)20(30-22)14-15-5-4-8-18(26)13-15/h1-14,26H,(H2,23,28,29). The average molecular weight is 452 g/mol. The van der Waals surface area contributed by atoms with Crippen molar-refractivity contribution in [2.45, 2.75) is 4.90 Å². The van der Waals surface area contributed by atoms with Crippen LogP contribution in [0.15, 0.2) is 93.7 Å². The monoisotopic (exact) mass is 451 g/mol. The lowest BCUT2D eigenvalue weighted by molar-refractivity contribution is -0.113. The number of amidine groups is 1. The van der Waals surface area contributed by atoms with Crippen molar-refractivity contribution in [2.75, 3.05) is 4.90 Å². The van der Waals surface area contributed by atoms with Crippen molar-refractivity contribution in [1.29, 1.82) is 0 Å². The fraction of sp³-hybridized carbons (Fsp3) is 0. The Morgan fingerprint density at radius 3 is 2.32 bits per heavy atom. The molecule has 7 nitrogen and oxygen atoms in total. The Morgan fingerprint density at radius 1 is 0.968 bits per heavy atom. The molecule has 0 bridgehead atoms. The number of hydrogen-bond acceptors (Lipinski definition) is 6. The molecule has 0 aliphatic carbocycles. The van der Waals surface area contributed by atoms with E-state index < -0.39 is 10.0 Å². The molecule has 1 aliphatic heterocycles. The van der Waals surface area contributed by atoms with E-state index in [0.717, 1.165) is 0 Å². The van der Waals surface area contributed by atoms with Gasteiger partial charge in [0.25, 0.3) is 5.91 Å². The first-order valence-corrected chi connectivity index (χ1v) is 11.5. The molecule has 1 saturated heterocycles. The van der Waals surface area contributed by atoms with Crippen LogP contribution in [0.2, 0.25) is 0 Å². The van der Waals surface area contributed by atoms with E-state index >= 15 is 0 Å². The van der Waals surface area contributed by atoms with Crippen LogP contribution in [0.3, 0.4) is 0 Å². The number of phenols is 1. The van der Waals surface area contributed by atoms with E-state index in [2.05, 4.69) is 4.99 Å². The first kappa shape index (κ1) is 20.9. The minimum absolute atomic E-state index is 0.0176. The Labute approximate surface area is 183 Å². The van der Waals surface area contributed by atoms with Crippen LogP contribution in [-0.4, -0.2) is 24.6 Å². The lowest BCUT2D eigenvalue weighted by atomic mass is 10.2. The quantitative estimate of drug-likeness (QED) is 0.585. The molecule has 1 aliphatic rings. The summed E-state index contributed by atoms with van der Waals surface area (Å²) < 4.78 is 22.9. The second-order valence-electron chi connectivity index (χ2n) is 6.62. The fourth-order valence-electron chi connectivity index (χ4n) is 2.94. The van der Waals surface area contributed by atoms with E-state index in [1.165, 1.54) is 40.9 Å². The average Bonchev–Trinajstić information content (AvgIpc) is 3.03. The van der Waals surface area contributed by atoms with Gasteiger partial charge in [-0.15, -0.1) is 0 Å². The molecule has 1 amide bonds. The number of anilines is 1. The molecule has 0 atom stereocenters. The molecule has 3 aromatic rings. The first-order chi connectivity index (χ1) is 14.8. The van der Waals surface area contributed by atoms with Crippen LogP contribution in [0.25, 0.3) is 6.08 Å². The Kier molecular flexibility index (Phi) is 5.64. The van der Waals surface area contributed by atoms with Crippen LogP contribution in [-0.2, 0) is 14.8 Å². The number of aliphatic imine (C=N–C) groups is 1. The molecule has 31 heavy (non-hydrogen) atoms. The van der Waals surface area contributed by atoms with Gasteiger partial charge >= 0.3 is 0 Å². The number of nitrogens with zero attached hydrogens (tertiary/aromatic N) is 2. The van der Waals surface area contributed by atoms with Gasteiger partial charge in [0.15, 0.2) is 5.17 Å². The SMILES string of the molecule is NS(=O)(=O)c1ccc(N=C2SC(=Cc3cccc(O)c3)C(=O)N2c2ccccc2)cc1. The summed E-state index contributed by atoms with van der Waals surface area (Å²) in [5.41, 5.74) is 1.81. The zero-order valence-electron chi connectivity index (χ0n) is 16.0. The number of phenolic OH excluding ortho intramolecular Hbond substituents is 1. The summed E-state index contributed by atoms with van der Waals surface area (Å²) in [6.45, 7) is 0. The van der Waals surface area contributed by atoms with Crippen molar-refractivity contribution < 1.29 is 18.3 Å². The Balaban J connectivity index is 1.75. The van der Waals surface area contributed by atoms with E-state index in [1.807, 2.05) is 18.2 Å². The number of amides is 1. The number of para-hydroxylation sites is 1. The lowest BCUT2D eigenvalue weighted by Gasteiger charge is -2.15. The van der Waals surface area contributed by atoms with E-state index in [-0.39, 0.29) is 16.6 Å². The molecule has 0 spiro atoms. The number of sulfonamides is 1. The highest BCUT2D eigenvalue weighted by atomic mass is 32.2. The fourth-order valence-corrected chi connectivity index (χ4v) is 4.46. The maximum atomic E-state index is 13.2. The smallest absolute Gasteiger partial charge is 0.271 e. The van der Waals surface area contributed by atoms with Crippen LogP contribution in [0.5, 0.6) is 5.75 Å². The summed E-state index contributed by atoms with van der Waals surface area (Å²) in [4.78, 5) is 19.7. The third kappa shape index (κ3) is 4.69. The third-order valence-electron chi connectivity index (χ3n) is 4.38. The van der Waals surface area contributed by atoms with E-state index in [1.54, 1.807) is 42.5 Å². The van der Waals surface area contributed by atoms with Gasteiger partial charge in [0, 0.05) is 0 Å². The predicted octanol–water partition coefficient (Wildman–Crippen LogP) is 3.85. The molecule has 156 valence electrons. The minimum Gasteiger partial charge on any atom is -0.508 e. The summed E-state index contributed by atoms with van der Waals surface area (Å²) in [7, 11) is -3.80. The molecular weight excluding hydrogens is 434 g/mol. The maximum Gasteiger partial charge on any atom is 0.271 e. The van der Waals surface area contributed by atoms with Gasteiger partial charge in [0.2, 0.25) is 10.0 Å². The lowest BCUT2D eigenvalue weighted by Crippen LogP contribution is -2.28. The number of primary sulfonamides is 1. The number of aromatic hydroxyl groups is 1. The Hall–Kier alpha value is -3.40. The van der Waals surface area contributed by atoms with Gasteiger partial charge in [0.1, 0.15) is 5.75 Å². The molecule has 0 aromatic heterocycles. The van der Waals surface area contributed by atoms with Gasteiger partial charge in [0.05, 0.1) is 21.2 Å². The first-order valence-electron chi connectivity index (χ1n) is 9.11. The topological polar surface area (TPSA) is 113 Å². The predicted molar refractivity (Wildman–Crippen MR) is 123 cm³/mol. The molecule has 1 fully saturated rings. The van der Waals surface area contributed by atoms with Gasteiger partial charge in [-0.2, -0.15) is 0 Å².